The minimum absolute atomic E-state index is 0.0754. The smallest absolute Gasteiger partial charge is 0.244 e. The molecule has 148 valence electrons. The number of amides is 1. The van der Waals surface area contributed by atoms with Crippen LogP contribution in [0.25, 0.3) is 6.08 Å². The van der Waals surface area contributed by atoms with Gasteiger partial charge in [0.25, 0.3) is 0 Å². The molecule has 0 aromatic heterocycles. The summed E-state index contributed by atoms with van der Waals surface area (Å²) >= 11 is 0. The first-order valence-corrected chi connectivity index (χ1v) is 9.64. The molecule has 1 heterocycles. The lowest BCUT2D eigenvalue weighted by atomic mass is 10.0. The van der Waals surface area contributed by atoms with Gasteiger partial charge in [-0.15, -0.1) is 0 Å². The fourth-order valence-electron chi connectivity index (χ4n) is 3.26. The van der Waals surface area contributed by atoms with Gasteiger partial charge in [0, 0.05) is 31.3 Å². The molecule has 1 aliphatic rings. The molecule has 2 aromatic carbocycles. The van der Waals surface area contributed by atoms with Crippen molar-refractivity contribution in [2.45, 2.75) is 13.0 Å². The SMILES string of the molecule is COc1ccccc1/C=C/C(=O)N[C@@H](CN1CCOCC1)c1ccc(C)cc1. The Bertz CT molecular complexity index is 796. The van der Waals surface area contributed by atoms with Crippen LogP contribution in [0.2, 0.25) is 0 Å². The van der Waals surface area contributed by atoms with Gasteiger partial charge in [0.1, 0.15) is 5.75 Å². The topological polar surface area (TPSA) is 50.8 Å². The van der Waals surface area contributed by atoms with E-state index < -0.39 is 0 Å². The van der Waals surface area contributed by atoms with Crippen LogP contribution >= 0.6 is 0 Å². The zero-order chi connectivity index (χ0) is 19.8. The normalized spacial score (nSPS) is 16.1. The van der Waals surface area contributed by atoms with Gasteiger partial charge in [-0.05, 0) is 24.6 Å². The largest absolute Gasteiger partial charge is 0.496 e. The second-order valence-corrected chi connectivity index (χ2v) is 6.96. The van der Waals surface area contributed by atoms with Gasteiger partial charge < -0.3 is 14.8 Å². The second kappa shape index (κ2) is 10.1. The Morgan fingerprint density at radius 3 is 2.61 bits per heavy atom. The summed E-state index contributed by atoms with van der Waals surface area (Å²) in [5.74, 6) is 0.625. The van der Waals surface area contributed by atoms with E-state index >= 15 is 0 Å². The van der Waals surface area contributed by atoms with Gasteiger partial charge in [0.15, 0.2) is 0 Å². The number of carbonyl (C=O) groups is 1. The Labute approximate surface area is 167 Å². The Morgan fingerprint density at radius 1 is 1.18 bits per heavy atom. The minimum atomic E-state index is -0.121. The first kappa shape index (κ1) is 20.1. The van der Waals surface area contributed by atoms with Crippen molar-refractivity contribution in [2.75, 3.05) is 40.0 Å². The number of para-hydroxylation sites is 1. The van der Waals surface area contributed by atoms with Gasteiger partial charge in [-0.25, -0.2) is 0 Å². The standard InChI is InChI=1S/C23H28N2O3/c1-18-7-9-19(10-8-18)21(17-25-13-15-28-16-14-25)24-23(26)12-11-20-5-3-4-6-22(20)27-2/h3-12,21H,13-17H2,1-2H3,(H,24,26)/b12-11+/t21-/m0/s1. The number of hydrogen-bond donors (Lipinski definition) is 1. The number of benzene rings is 2. The molecule has 1 atom stereocenters. The summed E-state index contributed by atoms with van der Waals surface area (Å²) in [5, 5.41) is 3.16. The molecule has 3 rings (SSSR count). The Hall–Kier alpha value is -2.63. The van der Waals surface area contributed by atoms with Crippen molar-refractivity contribution in [2.24, 2.45) is 0 Å². The molecule has 0 radical (unpaired) electrons. The number of aryl methyl sites for hydroxylation is 1. The molecular formula is C23H28N2O3. The van der Waals surface area contributed by atoms with Crippen molar-refractivity contribution in [1.29, 1.82) is 0 Å². The summed E-state index contributed by atoms with van der Waals surface area (Å²) in [7, 11) is 1.63. The molecule has 0 saturated carbocycles. The summed E-state index contributed by atoms with van der Waals surface area (Å²) < 4.78 is 10.8. The van der Waals surface area contributed by atoms with Crippen LogP contribution in [-0.2, 0) is 9.53 Å². The van der Waals surface area contributed by atoms with Crippen molar-refractivity contribution >= 4 is 12.0 Å². The van der Waals surface area contributed by atoms with E-state index in [2.05, 4.69) is 41.4 Å². The molecule has 5 nitrogen and oxygen atoms in total. The molecule has 1 N–H and O–H groups in total. The summed E-state index contributed by atoms with van der Waals surface area (Å²) in [5.41, 5.74) is 3.19. The van der Waals surface area contributed by atoms with Gasteiger partial charge in [-0.1, -0.05) is 48.0 Å². The highest BCUT2D eigenvalue weighted by Crippen LogP contribution is 2.19. The third-order valence-electron chi connectivity index (χ3n) is 4.89. The molecule has 0 bridgehead atoms. The van der Waals surface area contributed by atoms with Crippen molar-refractivity contribution < 1.29 is 14.3 Å². The summed E-state index contributed by atoms with van der Waals surface area (Å²) in [4.78, 5) is 15.0. The number of methoxy groups -OCH3 is 1. The lowest BCUT2D eigenvalue weighted by molar-refractivity contribution is -0.117. The van der Waals surface area contributed by atoms with E-state index in [1.807, 2.05) is 24.3 Å². The third-order valence-corrected chi connectivity index (χ3v) is 4.89. The lowest BCUT2D eigenvalue weighted by Gasteiger charge is -2.31. The van der Waals surface area contributed by atoms with Gasteiger partial charge in [-0.3, -0.25) is 9.69 Å². The number of rotatable bonds is 7. The molecule has 0 unspecified atom stereocenters. The maximum atomic E-state index is 12.6. The van der Waals surface area contributed by atoms with Crippen LogP contribution in [0.3, 0.4) is 0 Å². The van der Waals surface area contributed by atoms with Crippen LogP contribution in [0, 0.1) is 6.92 Å². The fourth-order valence-corrected chi connectivity index (χ4v) is 3.26. The molecule has 0 aliphatic carbocycles. The van der Waals surface area contributed by atoms with Gasteiger partial charge in [0.05, 0.1) is 26.4 Å². The van der Waals surface area contributed by atoms with Gasteiger partial charge in [0.2, 0.25) is 5.91 Å². The minimum Gasteiger partial charge on any atom is -0.496 e. The van der Waals surface area contributed by atoms with Crippen LogP contribution in [0.1, 0.15) is 22.7 Å². The van der Waals surface area contributed by atoms with E-state index in [1.165, 1.54) is 5.56 Å². The molecule has 1 amide bonds. The predicted molar refractivity (Wildman–Crippen MR) is 111 cm³/mol. The molecule has 1 aliphatic heterocycles. The maximum absolute atomic E-state index is 12.6. The van der Waals surface area contributed by atoms with Crippen molar-refractivity contribution in [3.63, 3.8) is 0 Å². The predicted octanol–water partition coefficient (Wildman–Crippen LogP) is 3.21. The van der Waals surface area contributed by atoms with E-state index in [9.17, 15) is 4.79 Å². The molecule has 2 aromatic rings. The highest BCUT2D eigenvalue weighted by Gasteiger charge is 2.19. The maximum Gasteiger partial charge on any atom is 0.244 e. The highest BCUT2D eigenvalue weighted by atomic mass is 16.5. The lowest BCUT2D eigenvalue weighted by Crippen LogP contribution is -2.42. The number of morpholine rings is 1. The molecule has 5 heteroatoms. The van der Waals surface area contributed by atoms with Crippen LogP contribution in [0.4, 0.5) is 0 Å². The molecule has 28 heavy (non-hydrogen) atoms. The number of carbonyl (C=O) groups excluding carboxylic acids is 1. The molecule has 0 spiro atoms. The second-order valence-electron chi connectivity index (χ2n) is 6.96. The first-order chi connectivity index (χ1) is 13.7. The molecular weight excluding hydrogens is 352 g/mol. The van der Waals surface area contributed by atoms with E-state index in [1.54, 1.807) is 19.3 Å². The van der Waals surface area contributed by atoms with E-state index in [0.29, 0.717) is 0 Å². The molecule has 1 saturated heterocycles. The monoisotopic (exact) mass is 380 g/mol. The highest BCUT2D eigenvalue weighted by molar-refractivity contribution is 5.92. The van der Waals surface area contributed by atoms with E-state index in [0.717, 1.165) is 49.7 Å². The molecule has 1 fully saturated rings. The quantitative estimate of drug-likeness (QED) is 0.750. The zero-order valence-corrected chi connectivity index (χ0v) is 16.6. The van der Waals surface area contributed by atoms with Crippen LogP contribution in [-0.4, -0.2) is 50.8 Å². The number of nitrogens with zero attached hydrogens (tertiary/aromatic N) is 1. The average Bonchev–Trinajstić information content (AvgIpc) is 2.73. The number of nitrogens with one attached hydrogen (secondary N) is 1. The Morgan fingerprint density at radius 2 is 1.89 bits per heavy atom. The van der Waals surface area contributed by atoms with Gasteiger partial charge >= 0.3 is 0 Å². The Kier molecular flexibility index (Phi) is 7.23. The zero-order valence-electron chi connectivity index (χ0n) is 16.6. The van der Waals surface area contributed by atoms with Crippen molar-refractivity contribution in [3.8, 4) is 5.75 Å². The average molecular weight is 380 g/mol. The number of ether oxygens (including phenoxy) is 2. The van der Waals surface area contributed by atoms with E-state index in [4.69, 9.17) is 9.47 Å². The number of hydrogen-bond acceptors (Lipinski definition) is 4. The van der Waals surface area contributed by atoms with E-state index in [-0.39, 0.29) is 11.9 Å². The van der Waals surface area contributed by atoms with Crippen LogP contribution < -0.4 is 10.1 Å². The van der Waals surface area contributed by atoms with Gasteiger partial charge in [-0.2, -0.15) is 0 Å². The summed E-state index contributed by atoms with van der Waals surface area (Å²) in [6, 6.07) is 15.9. The van der Waals surface area contributed by atoms with Crippen LogP contribution in [0.5, 0.6) is 5.75 Å². The Balaban J connectivity index is 1.71. The van der Waals surface area contributed by atoms with Crippen molar-refractivity contribution in [3.05, 3.63) is 71.3 Å². The summed E-state index contributed by atoms with van der Waals surface area (Å²) in [6.07, 6.45) is 3.35. The summed E-state index contributed by atoms with van der Waals surface area (Å²) in [6.45, 7) is 6.07. The van der Waals surface area contributed by atoms with Crippen molar-refractivity contribution in [1.82, 2.24) is 10.2 Å². The first-order valence-electron chi connectivity index (χ1n) is 9.64. The fraction of sp³-hybridized carbons (Fsp3) is 0.348. The third kappa shape index (κ3) is 5.68. The van der Waals surface area contributed by atoms with Crippen LogP contribution in [0.15, 0.2) is 54.6 Å².